The third-order valence-electron chi connectivity index (χ3n) is 4.79. The van der Waals surface area contributed by atoms with Gasteiger partial charge in [0.05, 0.1) is 18.3 Å². The van der Waals surface area contributed by atoms with Crippen molar-refractivity contribution < 1.29 is 23.0 Å². The summed E-state index contributed by atoms with van der Waals surface area (Å²) < 4.78 is 40.5. The van der Waals surface area contributed by atoms with Crippen molar-refractivity contribution in [3.8, 4) is 28.4 Å². The van der Waals surface area contributed by atoms with Gasteiger partial charge in [0.1, 0.15) is 22.2 Å². The standard InChI is InChI=1S/C24H19F2N3O4S/c1-3-32-21-10-23(30)29(2)12-17(21)16-9-15(28-24(31)22-11-27-13-34-22)5-7-19(16)33-20-6-4-14(25)8-18(20)26/h4-13H,3H2,1-2H3,(H,28,31). The number of carbonyl (C=O) groups is 1. The number of aromatic nitrogens is 2. The smallest absolute Gasteiger partial charge is 0.267 e. The van der Waals surface area contributed by atoms with Crippen LogP contribution < -0.4 is 20.3 Å². The lowest BCUT2D eigenvalue weighted by molar-refractivity contribution is 0.103. The van der Waals surface area contributed by atoms with Crippen molar-refractivity contribution in [1.29, 1.82) is 0 Å². The highest BCUT2D eigenvalue weighted by Gasteiger charge is 2.18. The summed E-state index contributed by atoms with van der Waals surface area (Å²) in [7, 11) is 1.58. The van der Waals surface area contributed by atoms with Crippen molar-refractivity contribution in [1.82, 2.24) is 9.55 Å². The number of pyridine rings is 1. The summed E-state index contributed by atoms with van der Waals surface area (Å²) in [6, 6.07) is 9.07. The summed E-state index contributed by atoms with van der Waals surface area (Å²) in [5, 5.41) is 2.78. The maximum Gasteiger partial charge on any atom is 0.267 e. The Labute approximate surface area is 197 Å². The van der Waals surface area contributed by atoms with E-state index >= 15 is 0 Å². The molecule has 0 aliphatic heterocycles. The lowest BCUT2D eigenvalue weighted by Crippen LogP contribution is -2.16. The first kappa shape index (κ1) is 23.1. The Bertz CT molecular complexity index is 1400. The maximum atomic E-state index is 14.3. The van der Waals surface area contributed by atoms with Crippen LogP contribution in [0.4, 0.5) is 14.5 Å². The molecule has 2 heterocycles. The normalized spacial score (nSPS) is 10.7. The molecule has 4 rings (SSSR count). The Morgan fingerprint density at radius 1 is 1.09 bits per heavy atom. The number of nitrogens with one attached hydrogen (secondary N) is 1. The highest BCUT2D eigenvalue weighted by Crippen LogP contribution is 2.40. The average molecular weight is 483 g/mol. The molecule has 0 atom stereocenters. The summed E-state index contributed by atoms with van der Waals surface area (Å²) in [4.78, 5) is 29.0. The number of rotatable bonds is 7. The van der Waals surface area contributed by atoms with Crippen LogP contribution in [0.5, 0.6) is 17.2 Å². The van der Waals surface area contributed by atoms with E-state index in [9.17, 15) is 18.4 Å². The van der Waals surface area contributed by atoms with Crippen LogP contribution in [0.3, 0.4) is 0 Å². The van der Waals surface area contributed by atoms with Crippen LogP contribution in [-0.4, -0.2) is 22.1 Å². The molecule has 0 saturated carbocycles. The van der Waals surface area contributed by atoms with Gasteiger partial charge >= 0.3 is 0 Å². The van der Waals surface area contributed by atoms with E-state index in [-0.39, 0.29) is 23.0 Å². The number of benzene rings is 2. The molecule has 34 heavy (non-hydrogen) atoms. The van der Waals surface area contributed by atoms with Crippen molar-refractivity contribution in [2.75, 3.05) is 11.9 Å². The van der Waals surface area contributed by atoms with Crippen molar-refractivity contribution in [3.05, 3.63) is 87.2 Å². The summed E-state index contributed by atoms with van der Waals surface area (Å²) >= 11 is 1.19. The first-order valence-corrected chi connectivity index (χ1v) is 11.0. The van der Waals surface area contributed by atoms with E-state index in [1.807, 2.05) is 0 Å². The summed E-state index contributed by atoms with van der Waals surface area (Å²) in [6.07, 6.45) is 3.02. The number of anilines is 1. The zero-order valence-corrected chi connectivity index (χ0v) is 19.0. The lowest BCUT2D eigenvalue weighted by Gasteiger charge is -2.17. The first-order valence-electron chi connectivity index (χ1n) is 10.2. The van der Waals surface area contributed by atoms with E-state index in [0.29, 0.717) is 34.0 Å². The minimum absolute atomic E-state index is 0.188. The highest BCUT2D eigenvalue weighted by molar-refractivity contribution is 7.11. The molecule has 1 amide bonds. The summed E-state index contributed by atoms with van der Waals surface area (Å²) in [6.45, 7) is 2.07. The Kier molecular flexibility index (Phi) is 6.69. The van der Waals surface area contributed by atoms with E-state index in [4.69, 9.17) is 9.47 Å². The summed E-state index contributed by atoms with van der Waals surface area (Å²) in [5.41, 5.74) is 2.60. The molecule has 2 aromatic carbocycles. The van der Waals surface area contributed by atoms with Gasteiger partial charge in [-0.1, -0.05) is 0 Å². The van der Waals surface area contributed by atoms with E-state index in [2.05, 4.69) is 10.3 Å². The van der Waals surface area contributed by atoms with Crippen molar-refractivity contribution in [2.24, 2.45) is 7.05 Å². The maximum absolute atomic E-state index is 14.3. The Morgan fingerprint density at radius 3 is 2.59 bits per heavy atom. The third kappa shape index (κ3) is 4.96. The number of hydrogen-bond donors (Lipinski definition) is 1. The van der Waals surface area contributed by atoms with Gasteiger partial charge in [-0.25, -0.2) is 8.78 Å². The second-order valence-electron chi connectivity index (χ2n) is 7.14. The minimum Gasteiger partial charge on any atom is -0.493 e. The molecule has 174 valence electrons. The average Bonchev–Trinajstić information content (AvgIpc) is 3.34. The van der Waals surface area contributed by atoms with Gasteiger partial charge in [-0.15, -0.1) is 11.3 Å². The molecule has 0 saturated heterocycles. The molecule has 7 nitrogen and oxygen atoms in total. The fourth-order valence-corrected chi connectivity index (χ4v) is 3.71. The predicted molar refractivity (Wildman–Crippen MR) is 125 cm³/mol. The largest absolute Gasteiger partial charge is 0.493 e. The number of thiazole rings is 1. The fraction of sp³-hybridized carbons (Fsp3) is 0.125. The number of carbonyl (C=O) groups excluding carboxylic acids is 1. The Hall–Kier alpha value is -4.05. The topological polar surface area (TPSA) is 82.5 Å². The van der Waals surface area contributed by atoms with Gasteiger partial charge in [0.2, 0.25) is 0 Å². The zero-order valence-electron chi connectivity index (χ0n) is 18.2. The van der Waals surface area contributed by atoms with E-state index < -0.39 is 11.6 Å². The molecule has 0 aliphatic rings. The van der Waals surface area contributed by atoms with Crippen LogP contribution in [0.2, 0.25) is 0 Å². The van der Waals surface area contributed by atoms with Crippen molar-refractivity contribution >= 4 is 22.9 Å². The van der Waals surface area contributed by atoms with E-state index in [0.717, 1.165) is 12.1 Å². The first-order chi connectivity index (χ1) is 16.4. The van der Waals surface area contributed by atoms with E-state index in [1.165, 1.54) is 34.2 Å². The Morgan fingerprint density at radius 2 is 1.88 bits per heavy atom. The molecule has 0 radical (unpaired) electrons. The molecular formula is C24H19F2N3O4S. The summed E-state index contributed by atoms with van der Waals surface area (Å²) in [5.74, 6) is -1.65. The Balaban J connectivity index is 1.82. The molecule has 2 aromatic heterocycles. The van der Waals surface area contributed by atoms with Crippen LogP contribution in [0, 0.1) is 11.6 Å². The van der Waals surface area contributed by atoms with Gasteiger partial charge in [0.25, 0.3) is 11.5 Å². The van der Waals surface area contributed by atoms with Gasteiger partial charge in [0, 0.05) is 42.2 Å². The van der Waals surface area contributed by atoms with Gasteiger partial charge in [-0.3, -0.25) is 14.6 Å². The van der Waals surface area contributed by atoms with E-state index in [1.54, 1.807) is 43.9 Å². The molecule has 0 spiro atoms. The van der Waals surface area contributed by atoms with Crippen LogP contribution >= 0.6 is 11.3 Å². The molecule has 0 bridgehead atoms. The van der Waals surface area contributed by atoms with Crippen LogP contribution in [0.25, 0.3) is 11.1 Å². The SMILES string of the molecule is CCOc1cc(=O)n(C)cc1-c1cc(NC(=O)c2cncs2)ccc1Oc1ccc(F)cc1F. The van der Waals surface area contributed by atoms with Gasteiger partial charge in [0.15, 0.2) is 11.6 Å². The molecule has 4 aromatic rings. The van der Waals surface area contributed by atoms with Crippen LogP contribution in [-0.2, 0) is 7.05 Å². The number of halogens is 2. The molecule has 0 unspecified atom stereocenters. The number of aryl methyl sites for hydroxylation is 1. The molecular weight excluding hydrogens is 464 g/mol. The van der Waals surface area contributed by atoms with Gasteiger partial charge < -0.3 is 19.4 Å². The monoisotopic (exact) mass is 483 g/mol. The third-order valence-corrected chi connectivity index (χ3v) is 5.56. The zero-order chi connectivity index (χ0) is 24.2. The van der Waals surface area contributed by atoms with Gasteiger partial charge in [-0.05, 0) is 37.3 Å². The molecule has 10 heteroatoms. The molecule has 0 fully saturated rings. The van der Waals surface area contributed by atoms with Gasteiger partial charge in [-0.2, -0.15) is 0 Å². The second kappa shape index (κ2) is 9.84. The quantitative estimate of drug-likeness (QED) is 0.389. The molecule has 0 aliphatic carbocycles. The van der Waals surface area contributed by atoms with Crippen molar-refractivity contribution in [3.63, 3.8) is 0 Å². The highest BCUT2D eigenvalue weighted by atomic mass is 32.1. The number of ether oxygens (including phenoxy) is 2. The van der Waals surface area contributed by atoms with Crippen LogP contribution in [0.1, 0.15) is 16.6 Å². The lowest BCUT2D eigenvalue weighted by atomic mass is 10.0. The van der Waals surface area contributed by atoms with Crippen molar-refractivity contribution in [2.45, 2.75) is 6.92 Å². The van der Waals surface area contributed by atoms with Crippen LogP contribution in [0.15, 0.2) is 65.2 Å². The predicted octanol–water partition coefficient (Wildman–Crippen LogP) is 5.23. The second-order valence-corrected chi connectivity index (χ2v) is 8.03. The number of hydrogen-bond acceptors (Lipinski definition) is 6. The number of amides is 1. The molecule has 1 N–H and O–H groups in total. The number of nitrogens with zero attached hydrogens (tertiary/aromatic N) is 2. The fourth-order valence-electron chi connectivity index (χ4n) is 3.19. The minimum atomic E-state index is -0.876.